The minimum Gasteiger partial charge on any atom is -0.328 e. The van der Waals surface area contributed by atoms with Gasteiger partial charge in [0.05, 0.1) is 0 Å². The van der Waals surface area contributed by atoms with E-state index in [1.54, 1.807) is 0 Å². The molecule has 0 aromatic carbocycles. The van der Waals surface area contributed by atoms with Crippen molar-refractivity contribution in [1.29, 1.82) is 0 Å². The fraction of sp³-hybridized carbons (Fsp3) is 0.882. The molecule has 4 atom stereocenters. The van der Waals surface area contributed by atoms with E-state index >= 15 is 0 Å². The van der Waals surface area contributed by atoms with Crippen molar-refractivity contribution < 1.29 is 0 Å². The smallest absolute Gasteiger partial charge is 0.0258 e. The summed E-state index contributed by atoms with van der Waals surface area (Å²) in [4.78, 5) is 2.45. The van der Waals surface area contributed by atoms with Gasteiger partial charge in [0.1, 0.15) is 0 Å². The molecule has 1 saturated carbocycles. The zero-order valence-corrected chi connectivity index (χ0v) is 13.9. The molecular formula is C17H35N3. The van der Waals surface area contributed by atoms with Crippen LogP contribution in [0.2, 0.25) is 0 Å². The summed E-state index contributed by atoms with van der Waals surface area (Å²) in [6, 6.07) is 1.13. The third-order valence-electron chi connectivity index (χ3n) is 4.66. The van der Waals surface area contributed by atoms with Crippen molar-refractivity contribution in [2.24, 2.45) is 17.4 Å². The van der Waals surface area contributed by atoms with E-state index in [2.05, 4.69) is 38.8 Å². The van der Waals surface area contributed by atoms with Gasteiger partial charge in [-0.15, -0.1) is 0 Å². The topological polar surface area (TPSA) is 55.3 Å². The molecule has 118 valence electrons. The second kappa shape index (κ2) is 8.81. The Morgan fingerprint density at radius 2 is 1.95 bits per heavy atom. The van der Waals surface area contributed by atoms with Crippen LogP contribution in [0.5, 0.6) is 0 Å². The molecule has 1 aliphatic carbocycles. The maximum atomic E-state index is 6.26. The van der Waals surface area contributed by atoms with Crippen molar-refractivity contribution in [3.63, 3.8) is 0 Å². The van der Waals surface area contributed by atoms with Gasteiger partial charge in [0, 0.05) is 18.1 Å². The van der Waals surface area contributed by atoms with Gasteiger partial charge in [0.15, 0.2) is 0 Å². The van der Waals surface area contributed by atoms with E-state index < -0.39 is 0 Å². The van der Waals surface area contributed by atoms with Gasteiger partial charge in [-0.2, -0.15) is 0 Å². The third kappa shape index (κ3) is 6.38. The highest BCUT2D eigenvalue weighted by atomic mass is 15.1. The van der Waals surface area contributed by atoms with Crippen LogP contribution in [0.4, 0.5) is 0 Å². The molecule has 20 heavy (non-hydrogen) atoms. The van der Waals surface area contributed by atoms with Gasteiger partial charge in [-0.25, -0.2) is 0 Å². The largest absolute Gasteiger partial charge is 0.328 e. The normalized spacial score (nSPS) is 28.4. The van der Waals surface area contributed by atoms with Gasteiger partial charge in [-0.05, 0) is 71.9 Å². The Morgan fingerprint density at radius 1 is 1.25 bits per heavy atom. The van der Waals surface area contributed by atoms with E-state index in [4.69, 9.17) is 11.5 Å². The quantitative estimate of drug-likeness (QED) is 0.706. The van der Waals surface area contributed by atoms with Crippen LogP contribution in [-0.2, 0) is 0 Å². The predicted molar refractivity (Wildman–Crippen MR) is 88.7 cm³/mol. The Hall–Kier alpha value is -0.380. The third-order valence-corrected chi connectivity index (χ3v) is 4.66. The first kappa shape index (κ1) is 17.7. The molecule has 3 heteroatoms. The highest BCUT2D eigenvalue weighted by molar-refractivity contribution is 4.93. The first-order chi connectivity index (χ1) is 9.40. The van der Waals surface area contributed by atoms with E-state index in [0.29, 0.717) is 18.1 Å². The van der Waals surface area contributed by atoms with E-state index in [0.717, 1.165) is 31.7 Å². The summed E-state index contributed by atoms with van der Waals surface area (Å²) >= 11 is 0. The number of hydrogen-bond acceptors (Lipinski definition) is 3. The zero-order valence-electron chi connectivity index (χ0n) is 13.9. The molecule has 0 heterocycles. The van der Waals surface area contributed by atoms with Crippen LogP contribution in [-0.4, -0.2) is 36.6 Å². The average Bonchev–Trinajstić information content (AvgIpc) is 2.38. The lowest BCUT2D eigenvalue weighted by atomic mass is 9.86. The minimum absolute atomic E-state index is 0.306. The monoisotopic (exact) mass is 281 g/mol. The summed E-state index contributed by atoms with van der Waals surface area (Å²) in [5, 5.41) is 0. The SMILES string of the molecule is CC(C)=CCCC(C)CCN(C)C1CC(N)CCC1N. The number of nitrogens with zero attached hydrogens (tertiary/aromatic N) is 1. The Kier molecular flexibility index (Phi) is 7.78. The van der Waals surface area contributed by atoms with Crippen LogP contribution < -0.4 is 11.5 Å². The summed E-state index contributed by atoms with van der Waals surface area (Å²) in [6.45, 7) is 7.85. The number of nitrogens with two attached hydrogens (primary N) is 2. The van der Waals surface area contributed by atoms with Crippen LogP contribution in [0.1, 0.15) is 59.3 Å². The standard InChI is InChI=1S/C17H35N3/c1-13(2)6-5-7-14(3)10-11-20(4)17-12-15(18)8-9-16(17)19/h6,14-17H,5,7-12,18-19H2,1-4H3. The Bertz CT molecular complexity index is 297. The molecular weight excluding hydrogens is 246 g/mol. The second-order valence-electron chi connectivity index (χ2n) is 7.04. The molecule has 1 aliphatic rings. The van der Waals surface area contributed by atoms with Gasteiger partial charge < -0.3 is 16.4 Å². The lowest BCUT2D eigenvalue weighted by Gasteiger charge is -2.38. The predicted octanol–water partition coefficient (Wildman–Crippen LogP) is 2.90. The molecule has 3 nitrogen and oxygen atoms in total. The minimum atomic E-state index is 0.306. The van der Waals surface area contributed by atoms with Crippen molar-refractivity contribution in [2.45, 2.75) is 77.4 Å². The summed E-state index contributed by atoms with van der Waals surface area (Å²) in [7, 11) is 2.21. The van der Waals surface area contributed by atoms with Crippen molar-refractivity contribution >= 4 is 0 Å². The maximum Gasteiger partial charge on any atom is 0.0258 e. The van der Waals surface area contributed by atoms with E-state index in [1.165, 1.54) is 24.8 Å². The lowest BCUT2D eigenvalue weighted by molar-refractivity contribution is 0.150. The Balaban J connectivity index is 2.27. The van der Waals surface area contributed by atoms with Crippen LogP contribution in [0.25, 0.3) is 0 Å². The number of likely N-dealkylation sites (N-methyl/N-ethyl adjacent to an activating group) is 1. The number of allylic oxidation sites excluding steroid dienone is 2. The summed E-state index contributed by atoms with van der Waals surface area (Å²) in [5.41, 5.74) is 13.8. The summed E-state index contributed by atoms with van der Waals surface area (Å²) in [6.07, 6.45) is 9.32. The van der Waals surface area contributed by atoms with Gasteiger partial charge in [-0.1, -0.05) is 18.6 Å². The van der Waals surface area contributed by atoms with Crippen molar-refractivity contribution in [3.8, 4) is 0 Å². The number of hydrogen-bond donors (Lipinski definition) is 2. The molecule has 4 N–H and O–H groups in total. The van der Waals surface area contributed by atoms with E-state index in [1.807, 2.05) is 0 Å². The van der Waals surface area contributed by atoms with Crippen molar-refractivity contribution in [3.05, 3.63) is 11.6 Å². The molecule has 0 bridgehead atoms. The van der Waals surface area contributed by atoms with Gasteiger partial charge in [-0.3, -0.25) is 0 Å². The Morgan fingerprint density at radius 3 is 2.60 bits per heavy atom. The second-order valence-corrected chi connectivity index (χ2v) is 7.04. The summed E-state index contributed by atoms with van der Waals surface area (Å²) in [5.74, 6) is 0.779. The van der Waals surface area contributed by atoms with Gasteiger partial charge in [0.25, 0.3) is 0 Å². The highest BCUT2D eigenvalue weighted by Gasteiger charge is 2.29. The molecule has 0 spiro atoms. The van der Waals surface area contributed by atoms with E-state index in [-0.39, 0.29) is 0 Å². The Labute approximate surface area is 125 Å². The van der Waals surface area contributed by atoms with Crippen molar-refractivity contribution in [2.75, 3.05) is 13.6 Å². The molecule has 0 radical (unpaired) electrons. The van der Waals surface area contributed by atoms with Crippen LogP contribution in [0, 0.1) is 5.92 Å². The van der Waals surface area contributed by atoms with Crippen LogP contribution in [0.3, 0.4) is 0 Å². The van der Waals surface area contributed by atoms with Gasteiger partial charge in [0.2, 0.25) is 0 Å². The summed E-state index contributed by atoms with van der Waals surface area (Å²) < 4.78 is 0. The van der Waals surface area contributed by atoms with E-state index in [9.17, 15) is 0 Å². The average molecular weight is 281 g/mol. The fourth-order valence-electron chi connectivity index (χ4n) is 3.10. The van der Waals surface area contributed by atoms with Crippen molar-refractivity contribution in [1.82, 2.24) is 4.90 Å². The number of rotatable bonds is 7. The maximum absolute atomic E-state index is 6.26. The molecule has 1 rings (SSSR count). The van der Waals surface area contributed by atoms with Crippen LogP contribution in [0.15, 0.2) is 11.6 Å². The zero-order chi connectivity index (χ0) is 15.1. The molecule has 0 aliphatic heterocycles. The van der Waals surface area contributed by atoms with Crippen LogP contribution >= 0.6 is 0 Å². The highest BCUT2D eigenvalue weighted by Crippen LogP contribution is 2.21. The molecule has 0 aromatic rings. The first-order valence-electron chi connectivity index (χ1n) is 8.25. The molecule has 0 amide bonds. The molecule has 0 aromatic heterocycles. The molecule has 4 unspecified atom stereocenters. The fourth-order valence-corrected chi connectivity index (χ4v) is 3.10. The molecule has 0 saturated heterocycles. The molecule has 1 fully saturated rings. The lowest BCUT2D eigenvalue weighted by Crippen LogP contribution is -2.52. The van der Waals surface area contributed by atoms with Gasteiger partial charge >= 0.3 is 0 Å². The first-order valence-corrected chi connectivity index (χ1v) is 8.25.